The van der Waals surface area contributed by atoms with Crippen molar-refractivity contribution in [1.29, 1.82) is 0 Å². The van der Waals surface area contributed by atoms with E-state index in [1.165, 1.54) is 18.9 Å². The molecule has 1 amide bonds. The van der Waals surface area contributed by atoms with Crippen molar-refractivity contribution in [3.8, 4) is 11.5 Å². The predicted molar refractivity (Wildman–Crippen MR) is 110 cm³/mol. The first-order valence-electron chi connectivity index (χ1n) is 8.64. The van der Waals surface area contributed by atoms with Gasteiger partial charge in [-0.05, 0) is 68.4 Å². The van der Waals surface area contributed by atoms with E-state index in [2.05, 4.69) is 4.99 Å². The van der Waals surface area contributed by atoms with Gasteiger partial charge in [-0.2, -0.15) is 0 Å². The van der Waals surface area contributed by atoms with Crippen LogP contribution in [0.2, 0.25) is 0 Å². The van der Waals surface area contributed by atoms with E-state index in [4.69, 9.17) is 4.74 Å². The molecule has 0 saturated carbocycles. The summed E-state index contributed by atoms with van der Waals surface area (Å²) in [7, 11) is 1.49. The molecule has 1 aliphatic heterocycles. The molecule has 1 aliphatic rings. The minimum Gasteiger partial charge on any atom is -0.504 e. The second-order valence-corrected chi connectivity index (χ2v) is 7.55. The monoisotopic (exact) mass is 382 g/mol. The van der Waals surface area contributed by atoms with Gasteiger partial charge in [-0.25, -0.2) is 4.99 Å². The number of rotatable bonds is 4. The third-order valence-corrected chi connectivity index (χ3v) is 5.10. The lowest BCUT2D eigenvalue weighted by Crippen LogP contribution is -2.35. The SMILES string of the molecule is COc1cc(/C=C2/SC(=Nc3ccc(C)cc3)N(C(C)C)C2=O)ccc1O. The molecule has 1 saturated heterocycles. The Bertz CT molecular complexity index is 918. The Morgan fingerprint density at radius 3 is 2.52 bits per heavy atom. The maximum Gasteiger partial charge on any atom is 0.266 e. The van der Waals surface area contributed by atoms with E-state index in [1.807, 2.05) is 45.0 Å². The smallest absolute Gasteiger partial charge is 0.266 e. The number of carbonyl (C=O) groups is 1. The van der Waals surface area contributed by atoms with Crippen LogP contribution in [0.4, 0.5) is 5.69 Å². The summed E-state index contributed by atoms with van der Waals surface area (Å²) < 4.78 is 5.14. The summed E-state index contributed by atoms with van der Waals surface area (Å²) in [5.41, 5.74) is 2.76. The van der Waals surface area contributed by atoms with Crippen molar-refractivity contribution in [2.75, 3.05) is 7.11 Å². The molecule has 27 heavy (non-hydrogen) atoms. The highest BCUT2D eigenvalue weighted by Gasteiger charge is 2.35. The van der Waals surface area contributed by atoms with Crippen LogP contribution in [0.3, 0.4) is 0 Å². The number of benzene rings is 2. The molecule has 0 aliphatic carbocycles. The first-order chi connectivity index (χ1) is 12.9. The number of thioether (sulfide) groups is 1. The van der Waals surface area contributed by atoms with Crippen LogP contribution in [-0.2, 0) is 4.79 Å². The number of amidine groups is 1. The van der Waals surface area contributed by atoms with Gasteiger partial charge >= 0.3 is 0 Å². The number of aliphatic imine (C=N–C) groups is 1. The fourth-order valence-corrected chi connectivity index (χ4v) is 3.81. The zero-order valence-corrected chi connectivity index (χ0v) is 16.6. The number of phenolic OH excluding ortho intramolecular Hbond substituents is 1. The molecule has 1 fully saturated rings. The quantitative estimate of drug-likeness (QED) is 0.777. The molecule has 0 spiro atoms. The minimum atomic E-state index is -0.0760. The third-order valence-electron chi connectivity index (χ3n) is 4.11. The van der Waals surface area contributed by atoms with E-state index in [-0.39, 0.29) is 17.7 Å². The van der Waals surface area contributed by atoms with Crippen LogP contribution in [0.25, 0.3) is 6.08 Å². The number of amides is 1. The number of methoxy groups -OCH3 is 1. The molecule has 140 valence electrons. The van der Waals surface area contributed by atoms with Gasteiger partial charge in [0.1, 0.15) is 0 Å². The molecule has 6 heteroatoms. The van der Waals surface area contributed by atoms with Crippen LogP contribution in [0.5, 0.6) is 11.5 Å². The molecule has 0 unspecified atom stereocenters. The highest BCUT2D eigenvalue weighted by atomic mass is 32.2. The van der Waals surface area contributed by atoms with Crippen molar-refractivity contribution in [2.45, 2.75) is 26.8 Å². The molecule has 3 rings (SSSR count). The second kappa shape index (κ2) is 7.88. The van der Waals surface area contributed by atoms with Crippen molar-refractivity contribution in [2.24, 2.45) is 4.99 Å². The Balaban J connectivity index is 1.96. The van der Waals surface area contributed by atoms with E-state index in [9.17, 15) is 9.90 Å². The number of hydrogen-bond donors (Lipinski definition) is 1. The van der Waals surface area contributed by atoms with Gasteiger partial charge in [0.15, 0.2) is 16.7 Å². The highest BCUT2D eigenvalue weighted by Crippen LogP contribution is 2.36. The van der Waals surface area contributed by atoms with Crippen molar-refractivity contribution in [3.63, 3.8) is 0 Å². The Morgan fingerprint density at radius 2 is 1.89 bits per heavy atom. The third kappa shape index (κ3) is 4.17. The molecule has 1 N–H and O–H groups in total. The Morgan fingerprint density at radius 1 is 1.19 bits per heavy atom. The van der Waals surface area contributed by atoms with E-state index >= 15 is 0 Å². The Hall–Kier alpha value is -2.73. The van der Waals surface area contributed by atoms with Crippen LogP contribution in [0.15, 0.2) is 52.4 Å². The van der Waals surface area contributed by atoms with Crippen LogP contribution in [0.1, 0.15) is 25.0 Å². The maximum atomic E-state index is 12.9. The van der Waals surface area contributed by atoms with Gasteiger partial charge in [0.25, 0.3) is 5.91 Å². The average Bonchev–Trinajstić information content (AvgIpc) is 2.94. The van der Waals surface area contributed by atoms with Gasteiger partial charge in [0.2, 0.25) is 0 Å². The number of hydrogen-bond acceptors (Lipinski definition) is 5. The molecule has 2 aromatic rings. The zero-order valence-electron chi connectivity index (χ0n) is 15.8. The van der Waals surface area contributed by atoms with Crippen LogP contribution >= 0.6 is 11.8 Å². The van der Waals surface area contributed by atoms with Crippen molar-refractivity contribution < 1.29 is 14.6 Å². The standard InChI is InChI=1S/C21H22N2O3S/c1-13(2)23-20(25)19(12-15-7-10-17(24)18(11-15)26-4)27-21(23)22-16-8-5-14(3)6-9-16/h5-13,24H,1-4H3/b19-12+,22-21?. The van der Waals surface area contributed by atoms with Crippen molar-refractivity contribution in [3.05, 3.63) is 58.5 Å². The number of carbonyl (C=O) groups excluding carboxylic acids is 1. The number of nitrogens with zero attached hydrogens (tertiary/aromatic N) is 2. The van der Waals surface area contributed by atoms with Gasteiger partial charge in [-0.15, -0.1) is 0 Å². The molecular formula is C21H22N2O3S. The van der Waals surface area contributed by atoms with Gasteiger partial charge in [-0.1, -0.05) is 23.8 Å². The Kier molecular flexibility index (Phi) is 5.56. The van der Waals surface area contributed by atoms with Crippen LogP contribution in [0, 0.1) is 6.92 Å². The van der Waals surface area contributed by atoms with Gasteiger partial charge in [0, 0.05) is 6.04 Å². The summed E-state index contributed by atoms with van der Waals surface area (Å²) in [5, 5.41) is 10.4. The molecule has 5 nitrogen and oxygen atoms in total. The van der Waals surface area contributed by atoms with Gasteiger partial charge in [-0.3, -0.25) is 9.69 Å². The van der Waals surface area contributed by atoms with Crippen LogP contribution < -0.4 is 4.74 Å². The first-order valence-corrected chi connectivity index (χ1v) is 9.46. The lowest BCUT2D eigenvalue weighted by Gasteiger charge is -2.19. The topological polar surface area (TPSA) is 62.1 Å². The average molecular weight is 382 g/mol. The molecule has 0 radical (unpaired) electrons. The highest BCUT2D eigenvalue weighted by molar-refractivity contribution is 8.18. The number of aromatic hydroxyl groups is 1. The van der Waals surface area contributed by atoms with E-state index < -0.39 is 0 Å². The Labute approximate surface area is 163 Å². The molecule has 0 aromatic heterocycles. The summed E-state index contributed by atoms with van der Waals surface area (Å²) in [6.45, 7) is 5.96. The van der Waals surface area contributed by atoms with Crippen molar-refractivity contribution in [1.82, 2.24) is 4.90 Å². The summed E-state index contributed by atoms with van der Waals surface area (Å²) in [4.78, 5) is 19.9. The minimum absolute atomic E-state index is 0.00514. The summed E-state index contributed by atoms with van der Waals surface area (Å²) >= 11 is 1.35. The lowest BCUT2D eigenvalue weighted by molar-refractivity contribution is -0.123. The fourth-order valence-electron chi connectivity index (χ4n) is 2.69. The largest absolute Gasteiger partial charge is 0.504 e. The van der Waals surface area contributed by atoms with Gasteiger partial charge < -0.3 is 9.84 Å². The number of phenols is 1. The molecule has 1 heterocycles. The molecule has 2 aromatic carbocycles. The molecule has 0 bridgehead atoms. The lowest BCUT2D eigenvalue weighted by atomic mass is 10.2. The second-order valence-electron chi connectivity index (χ2n) is 6.54. The van der Waals surface area contributed by atoms with E-state index in [0.717, 1.165) is 16.8 Å². The zero-order chi connectivity index (χ0) is 19.6. The molecule has 0 atom stereocenters. The van der Waals surface area contributed by atoms with Crippen LogP contribution in [-0.4, -0.2) is 34.2 Å². The number of aryl methyl sites for hydroxylation is 1. The maximum absolute atomic E-state index is 12.9. The van der Waals surface area contributed by atoms with Gasteiger partial charge in [0.05, 0.1) is 17.7 Å². The van der Waals surface area contributed by atoms with E-state index in [1.54, 1.807) is 29.2 Å². The molecular weight excluding hydrogens is 360 g/mol. The fraction of sp³-hybridized carbons (Fsp3) is 0.238. The summed E-state index contributed by atoms with van der Waals surface area (Å²) in [6, 6.07) is 12.9. The predicted octanol–water partition coefficient (Wildman–Crippen LogP) is 4.72. The summed E-state index contributed by atoms with van der Waals surface area (Å²) in [6.07, 6.45) is 1.79. The summed E-state index contributed by atoms with van der Waals surface area (Å²) in [5.74, 6) is 0.359. The van der Waals surface area contributed by atoms with E-state index in [0.29, 0.717) is 15.8 Å². The van der Waals surface area contributed by atoms with Crippen molar-refractivity contribution >= 4 is 34.6 Å². The number of ether oxygens (including phenoxy) is 1. The first kappa shape index (κ1) is 19.0. The normalized spacial score (nSPS) is 17.4.